The van der Waals surface area contributed by atoms with E-state index in [1.807, 2.05) is 12.1 Å². The molecular formula is C17H13NO2. The summed E-state index contributed by atoms with van der Waals surface area (Å²) >= 11 is 0. The van der Waals surface area contributed by atoms with E-state index in [1.54, 1.807) is 18.2 Å². The normalized spacial score (nSPS) is 13.1. The van der Waals surface area contributed by atoms with Crippen LogP contribution in [0.5, 0.6) is 0 Å². The van der Waals surface area contributed by atoms with Crippen LogP contribution in [0.15, 0.2) is 49.3 Å². The second-order valence-electron chi connectivity index (χ2n) is 4.87. The number of aromatic nitrogens is 1. The Balaban J connectivity index is 1.92. The molecule has 1 aromatic heterocycles. The number of hydrogen-bond acceptors (Lipinski definition) is 3. The van der Waals surface area contributed by atoms with Crippen molar-refractivity contribution in [2.45, 2.75) is 12.8 Å². The molecule has 0 bridgehead atoms. The Bertz CT molecular complexity index is 717. The number of nitrogens with zero attached hydrogens (tertiary/aromatic N) is 1. The summed E-state index contributed by atoms with van der Waals surface area (Å²) in [7, 11) is 0. The number of pyridine rings is 1. The summed E-state index contributed by atoms with van der Waals surface area (Å²) < 4.78 is 0. The topological polar surface area (TPSA) is 47.0 Å². The van der Waals surface area contributed by atoms with Crippen LogP contribution in [0.1, 0.15) is 38.3 Å². The number of fused-ring (bicyclic) bond motifs is 1. The van der Waals surface area contributed by atoms with Gasteiger partial charge in [-0.3, -0.25) is 14.6 Å². The molecule has 0 saturated heterocycles. The maximum absolute atomic E-state index is 12.2. The molecule has 2 aromatic rings. The molecule has 0 atom stereocenters. The minimum absolute atomic E-state index is 0.370. The lowest BCUT2D eigenvalue weighted by Crippen LogP contribution is -2.14. The second-order valence-corrected chi connectivity index (χ2v) is 4.87. The highest BCUT2D eigenvalue weighted by atomic mass is 16.2. The predicted octanol–water partition coefficient (Wildman–Crippen LogP) is 3.11. The van der Waals surface area contributed by atoms with Gasteiger partial charge in [-0.2, -0.15) is 0 Å². The van der Waals surface area contributed by atoms with E-state index in [1.165, 1.54) is 12.4 Å². The lowest BCUT2D eigenvalue weighted by atomic mass is 9.98. The zero-order valence-corrected chi connectivity index (χ0v) is 10.9. The van der Waals surface area contributed by atoms with Gasteiger partial charge in [0.2, 0.25) is 11.6 Å². The molecule has 0 spiro atoms. The third-order valence-electron chi connectivity index (χ3n) is 3.59. The van der Waals surface area contributed by atoms with Crippen LogP contribution in [0.4, 0.5) is 0 Å². The summed E-state index contributed by atoms with van der Waals surface area (Å²) in [5, 5.41) is 0. The molecule has 20 heavy (non-hydrogen) atoms. The highest BCUT2D eigenvalue weighted by Crippen LogP contribution is 2.31. The highest BCUT2D eigenvalue weighted by molar-refractivity contribution is 6.49. The quantitative estimate of drug-likeness (QED) is 0.631. The van der Waals surface area contributed by atoms with Crippen LogP contribution in [-0.2, 0) is 6.42 Å². The molecule has 0 amide bonds. The van der Waals surface area contributed by atoms with Crippen LogP contribution in [0, 0.1) is 0 Å². The Morgan fingerprint density at radius 2 is 1.65 bits per heavy atom. The Hall–Kier alpha value is -2.55. The number of benzene rings is 1. The average molecular weight is 263 g/mol. The van der Waals surface area contributed by atoms with Gasteiger partial charge in [-0.15, -0.1) is 0 Å². The molecule has 0 fully saturated rings. The van der Waals surface area contributed by atoms with E-state index < -0.39 is 11.6 Å². The minimum atomic E-state index is -0.496. The van der Waals surface area contributed by atoms with Crippen LogP contribution < -0.4 is 0 Å². The number of allylic oxidation sites excluding steroid dienone is 1. The second kappa shape index (κ2) is 4.85. The van der Waals surface area contributed by atoms with E-state index in [0.29, 0.717) is 11.1 Å². The maximum atomic E-state index is 12.2. The van der Waals surface area contributed by atoms with E-state index in [0.717, 1.165) is 29.5 Å². The van der Waals surface area contributed by atoms with Crippen LogP contribution in [0.3, 0.4) is 0 Å². The van der Waals surface area contributed by atoms with Crippen LogP contribution in [-0.4, -0.2) is 16.6 Å². The largest absolute Gasteiger partial charge is 0.285 e. The van der Waals surface area contributed by atoms with Crippen LogP contribution >= 0.6 is 0 Å². The molecule has 1 aliphatic rings. The van der Waals surface area contributed by atoms with E-state index in [-0.39, 0.29) is 0 Å². The standard InChI is InChI=1S/C17H13NO2/c1-11-2-3-13-10-14(4-5-15(11)13)17(20)16(19)12-6-8-18-9-7-12/h4-10H,1-3H2. The average Bonchev–Trinajstić information content (AvgIpc) is 2.87. The fourth-order valence-corrected chi connectivity index (χ4v) is 2.47. The molecule has 1 aromatic carbocycles. The number of aryl methyl sites for hydroxylation is 1. The molecule has 0 saturated carbocycles. The summed E-state index contributed by atoms with van der Waals surface area (Å²) in [5.74, 6) is -0.972. The Labute approximate surface area is 117 Å². The van der Waals surface area contributed by atoms with Crippen molar-refractivity contribution in [3.05, 3.63) is 71.6 Å². The zero-order chi connectivity index (χ0) is 14.1. The molecule has 3 nitrogen and oxygen atoms in total. The molecular weight excluding hydrogens is 250 g/mol. The first-order valence-electron chi connectivity index (χ1n) is 6.47. The predicted molar refractivity (Wildman–Crippen MR) is 76.7 cm³/mol. The Morgan fingerprint density at radius 1 is 0.950 bits per heavy atom. The van der Waals surface area contributed by atoms with Crippen molar-refractivity contribution in [3.63, 3.8) is 0 Å². The van der Waals surface area contributed by atoms with Crippen molar-refractivity contribution in [2.75, 3.05) is 0 Å². The van der Waals surface area contributed by atoms with Crippen molar-refractivity contribution in [3.8, 4) is 0 Å². The molecule has 3 rings (SSSR count). The van der Waals surface area contributed by atoms with E-state index >= 15 is 0 Å². The van der Waals surface area contributed by atoms with Gasteiger partial charge in [0, 0.05) is 23.5 Å². The summed E-state index contributed by atoms with van der Waals surface area (Å²) in [5.41, 5.74) is 4.12. The smallest absolute Gasteiger partial charge is 0.233 e. The van der Waals surface area contributed by atoms with Gasteiger partial charge in [0.05, 0.1) is 0 Å². The van der Waals surface area contributed by atoms with E-state index in [9.17, 15) is 9.59 Å². The minimum Gasteiger partial charge on any atom is -0.285 e. The third-order valence-corrected chi connectivity index (χ3v) is 3.59. The number of carbonyl (C=O) groups excluding carboxylic acids is 2. The fraction of sp³-hybridized carbons (Fsp3) is 0.118. The zero-order valence-electron chi connectivity index (χ0n) is 10.9. The van der Waals surface area contributed by atoms with Crippen molar-refractivity contribution in [2.24, 2.45) is 0 Å². The van der Waals surface area contributed by atoms with Crippen molar-refractivity contribution in [1.82, 2.24) is 4.98 Å². The molecule has 98 valence electrons. The Kier molecular flexibility index (Phi) is 3.03. The first-order valence-corrected chi connectivity index (χ1v) is 6.47. The lowest BCUT2D eigenvalue weighted by molar-refractivity contribution is 0.0817. The van der Waals surface area contributed by atoms with Crippen LogP contribution in [0.2, 0.25) is 0 Å². The third kappa shape index (κ3) is 2.07. The van der Waals surface area contributed by atoms with Gasteiger partial charge in [0.25, 0.3) is 0 Å². The first-order chi connectivity index (χ1) is 9.66. The molecule has 3 heteroatoms. The van der Waals surface area contributed by atoms with Crippen LogP contribution in [0.25, 0.3) is 5.57 Å². The molecule has 0 unspecified atom stereocenters. The van der Waals surface area contributed by atoms with Gasteiger partial charge in [-0.05, 0) is 47.7 Å². The van der Waals surface area contributed by atoms with Gasteiger partial charge in [0.1, 0.15) is 0 Å². The number of rotatable bonds is 3. The van der Waals surface area contributed by atoms with Gasteiger partial charge in [-0.25, -0.2) is 0 Å². The summed E-state index contributed by atoms with van der Waals surface area (Å²) in [6, 6.07) is 8.51. The molecule has 0 aliphatic heterocycles. The molecule has 0 N–H and O–H groups in total. The monoisotopic (exact) mass is 263 g/mol. The van der Waals surface area contributed by atoms with Gasteiger partial charge in [-0.1, -0.05) is 18.7 Å². The maximum Gasteiger partial charge on any atom is 0.233 e. The Morgan fingerprint density at radius 3 is 2.40 bits per heavy atom. The fourth-order valence-electron chi connectivity index (χ4n) is 2.47. The van der Waals surface area contributed by atoms with Gasteiger partial charge in [0.15, 0.2) is 0 Å². The van der Waals surface area contributed by atoms with Gasteiger partial charge >= 0.3 is 0 Å². The SMILES string of the molecule is C=C1CCc2cc(C(=O)C(=O)c3ccncc3)ccc21. The lowest BCUT2D eigenvalue weighted by Gasteiger charge is -2.04. The number of carbonyl (C=O) groups is 2. The van der Waals surface area contributed by atoms with Crippen molar-refractivity contribution in [1.29, 1.82) is 0 Å². The van der Waals surface area contributed by atoms with E-state index in [4.69, 9.17) is 0 Å². The molecule has 1 heterocycles. The van der Waals surface area contributed by atoms with Crippen molar-refractivity contribution < 1.29 is 9.59 Å². The van der Waals surface area contributed by atoms with Crippen molar-refractivity contribution >= 4 is 17.1 Å². The van der Waals surface area contributed by atoms with Gasteiger partial charge < -0.3 is 0 Å². The summed E-state index contributed by atoms with van der Waals surface area (Å²) in [4.78, 5) is 28.2. The first kappa shape index (κ1) is 12.5. The molecule has 0 radical (unpaired) electrons. The number of ketones is 2. The highest BCUT2D eigenvalue weighted by Gasteiger charge is 2.21. The summed E-state index contributed by atoms with van der Waals surface area (Å²) in [6.45, 7) is 3.99. The number of hydrogen-bond donors (Lipinski definition) is 0. The molecule has 1 aliphatic carbocycles. The summed E-state index contributed by atoms with van der Waals surface area (Å²) in [6.07, 6.45) is 4.82. The van der Waals surface area contributed by atoms with E-state index in [2.05, 4.69) is 11.6 Å². The number of Topliss-reactive ketones (excluding diaryl/α,β-unsaturated/α-hetero) is 2.